The number of methoxy groups -OCH3 is 1. The summed E-state index contributed by atoms with van der Waals surface area (Å²) in [6.07, 6.45) is 3.09. The first kappa shape index (κ1) is 23.6. The van der Waals surface area contributed by atoms with E-state index in [1.165, 1.54) is 24.1 Å². The largest absolute Gasteiger partial charge is 0.507 e. The van der Waals surface area contributed by atoms with E-state index in [1.807, 2.05) is 6.92 Å². The molecule has 7 nitrogen and oxygen atoms in total. The number of aromatic nitrogens is 1. The number of ketones is 1. The number of carbonyl (C=O) groups is 2. The molecule has 0 aliphatic carbocycles. The molecule has 1 fully saturated rings. The monoisotopic (exact) mass is 498 g/mol. The zero-order valence-electron chi connectivity index (χ0n) is 18.3. The van der Waals surface area contributed by atoms with Gasteiger partial charge in [0, 0.05) is 29.2 Å². The molecule has 1 saturated heterocycles. The summed E-state index contributed by atoms with van der Waals surface area (Å²) in [6, 6.07) is 12.1. The van der Waals surface area contributed by atoms with Gasteiger partial charge in [0.05, 0.1) is 35.9 Å². The highest BCUT2D eigenvalue weighted by molar-refractivity contribution is 6.52. The molecule has 0 radical (unpaired) electrons. The number of benzene rings is 2. The van der Waals surface area contributed by atoms with Gasteiger partial charge in [0.1, 0.15) is 17.3 Å². The summed E-state index contributed by atoms with van der Waals surface area (Å²) in [5.41, 5.74) is 0.976. The van der Waals surface area contributed by atoms with Crippen LogP contribution in [-0.2, 0) is 9.59 Å². The van der Waals surface area contributed by atoms with Crippen LogP contribution in [0.3, 0.4) is 0 Å². The number of Topliss-reactive ketones (excluding diaryl/α,β-unsaturated/α-hetero) is 1. The van der Waals surface area contributed by atoms with E-state index in [1.54, 1.807) is 48.8 Å². The molecule has 9 heteroatoms. The molecular weight excluding hydrogens is 479 g/mol. The van der Waals surface area contributed by atoms with Crippen LogP contribution >= 0.6 is 23.2 Å². The van der Waals surface area contributed by atoms with Gasteiger partial charge in [0.2, 0.25) is 0 Å². The average Bonchev–Trinajstić information content (AvgIpc) is 3.09. The molecule has 2 aromatic carbocycles. The third-order valence-electron chi connectivity index (χ3n) is 5.34. The van der Waals surface area contributed by atoms with E-state index < -0.39 is 23.5 Å². The van der Waals surface area contributed by atoms with Gasteiger partial charge < -0.3 is 14.6 Å². The molecule has 3 aromatic rings. The number of halogens is 2. The quantitative estimate of drug-likeness (QED) is 0.277. The summed E-state index contributed by atoms with van der Waals surface area (Å²) in [7, 11) is 1.38. The molecule has 2 heterocycles. The molecule has 1 unspecified atom stereocenters. The van der Waals surface area contributed by atoms with Crippen molar-refractivity contribution < 1.29 is 24.2 Å². The molecule has 34 heavy (non-hydrogen) atoms. The van der Waals surface area contributed by atoms with Gasteiger partial charge in [0.15, 0.2) is 0 Å². The summed E-state index contributed by atoms with van der Waals surface area (Å²) < 4.78 is 10.9. The van der Waals surface area contributed by atoms with E-state index in [0.29, 0.717) is 23.6 Å². The fourth-order valence-electron chi connectivity index (χ4n) is 3.94. The second-order valence-electron chi connectivity index (χ2n) is 7.35. The molecule has 174 valence electrons. The number of anilines is 1. The minimum absolute atomic E-state index is 0.0973. The van der Waals surface area contributed by atoms with Crippen molar-refractivity contribution in [3.05, 3.63) is 87.7 Å². The Bertz CT molecular complexity index is 1290. The van der Waals surface area contributed by atoms with Crippen molar-refractivity contribution in [2.24, 2.45) is 0 Å². The van der Waals surface area contributed by atoms with Gasteiger partial charge in [-0.2, -0.15) is 0 Å². The van der Waals surface area contributed by atoms with Crippen molar-refractivity contribution in [1.29, 1.82) is 0 Å². The average molecular weight is 499 g/mol. The number of hydrogen-bond donors (Lipinski definition) is 1. The zero-order valence-corrected chi connectivity index (χ0v) is 19.8. The highest BCUT2D eigenvalue weighted by atomic mass is 35.5. The number of aliphatic hydroxyl groups is 1. The van der Waals surface area contributed by atoms with Gasteiger partial charge in [0.25, 0.3) is 11.7 Å². The summed E-state index contributed by atoms with van der Waals surface area (Å²) in [5.74, 6) is -1.45. The molecule has 1 aliphatic heterocycles. The van der Waals surface area contributed by atoms with Crippen molar-refractivity contribution >= 4 is 46.3 Å². The predicted octanol–water partition coefficient (Wildman–Crippen LogP) is 5.42. The zero-order chi connectivity index (χ0) is 24.4. The summed E-state index contributed by atoms with van der Waals surface area (Å²) >= 11 is 12.4. The summed E-state index contributed by atoms with van der Waals surface area (Å²) in [5, 5.41) is 11.7. The Balaban J connectivity index is 1.97. The number of rotatable bonds is 6. The first-order chi connectivity index (χ1) is 16.4. The number of amides is 1. The number of hydrogen-bond acceptors (Lipinski definition) is 6. The maximum Gasteiger partial charge on any atom is 0.300 e. The Morgan fingerprint density at radius 1 is 1.12 bits per heavy atom. The van der Waals surface area contributed by atoms with Crippen LogP contribution in [0, 0.1) is 0 Å². The van der Waals surface area contributed by atoms with Crippen LogP contribution in [-0.4, -0.2) is 35.5 Å². The van der Waals surface area contributed by atoms with Gasteiger partial charge >= 0.3 is 0 Å². The number of pyridine rings is 1. The third-order valence-corrected chi connectivity index (χ3v) is 5.84. The second kappa shape index (κ2) is 9.75. The van der Waals surface area contributed by atoms with Crippen LogP contribution in [0.4, 0.5) is 5.69 Å². The number of nitrogens with zero attached hydrogens (tertiary/aromatic N) is 2. The molecular formula is C25H20Cl2N2O5. The SMILES string of the molecule is CCOc1cccc(N2C(=O)C(=O)/C(=C(/O)c3cc(Cl)cc(Cl)c3OC)C2c2ccncc2)c1. The fourth-order valence-corrected chi connectivity index (χ4v) is 4.51. The number of carbonyl (C=O) groups excluding carboxylic acids is 2. The van der Waals surface area contributed by atoms with Crippen LogP contribution in [0.15, 0.2) is 66.5 Å². The third kappa shape index (κ3) is 4.20. The summed E-state index contributed by atoms with van der Waals surface area (Å²) in [6.45, 7) is 2.28. The lowest BCUT2D eigenvalue weighted by atomic mass is 9.95. The highest BCUT2D eigenvalue weighted by Gasteiger charge is 2.47. The Kier molecular flexibility index (Phi) is 6.77. The van der Waals surface area contributed by atoms with Crippen molar-refractivity contribution in [3.8, 4) is 11.5 Å². The maximum absolute atomic E-state index is 13.3. The first-order valence-electron chi connectivity index (χ1n) is 10.3. The van der Waals surface area contributed by atoms with Crippen LogP contribution in [0.25, 0.3) is 5.76 Å². The Morgan fingerprint density at radius 2 is 1.85 bits per heavy atom. The fraction of sp³-hybridized carbons (Fsp3) is 0.160. The van der Waals surface area contributed by atoms with E-state index in [2.05, 4.69) is 4.98 Å². The van der Waals surface area contributed by atoms with Crippen LogP contribution in [0.5, 0.6) is 11.5 Å². The lowest BCUT2D eigenvalue weighted by Gasteiger charge is -2.25. The van der Waals surface area contributed by atoms with Gasteiger partial charge in [-0.15, -0.1) is 0 Å². The van der Waals surface area contributed by atoms with Gasteiger partial charge in [-0.05, 0) is 48.9 Å². The van der Waals surface area contributed by atoms with Crippen LogP contribution in [0.1, 0.15) is 24.1 Å². The minimum Gasteiger partial charge on any atom is -0.507 e. The minimum atomic E-state index is -0.942. The van der Waals surface area contributed by atoms with Crippen molar-refractivity contribution in [2.45, 2.75) is 13.0 Å². The lowest BCUT2D eigenvalue weighted by molar-refractivity contribution is -0.132. The number of ether oxygens (including phenoxy) is 2. The molecule has 4 rings (SSSR count). The molecule has 1 aromatic heterocycles. The molecule has 0 spiro atoms. The topological polar surface area (TPSA) is 89.0 Å². The molecule has 0 saturated carbocycles. The van der Waals surface area contributed by atoms with Crippen molar-refractivity contribution in [1.82, 2.24) is 4.98 Å². The molecule has 1 atom stereocenters. The van der Waals surface area contributed by atoms with E-state index in [-0.39, 0.29) is 26.9 Å². The Hall–Kier alpha value is -3.55. The molecule has 1 N–H and O–H groups in total. The first-order valence-corrected chi connectivity index (χ1v) is 11.1. The molecule has 1 amide bonds. The standard InChI is InChI=1S/C25H20Cl2N2O5/c1-3-34-17-6-4-5-16(13-17)29-21(14-7-9-28-10-8-14)20(23(31)25(29)32)22(30)18-11-15(26)12-19(27)24(18)33-2/h4-13,21,30H,3H2,1-2H3/b22-20+. The normalized spacial score (nSPS) is 17.2. The van der Waals surface area contributed by atoms with E-state index in [9.17, 15) is 14.7 Å². The second-order valence-corrected chi connectivity index (χ2v) is 8.19. The smallest absolute Gasteiger partial charge is 0.300 e. The highest BCUT2D eigenvalue weighted by Crippen LogP contribution is 2.45. The van der Waals surface area contributed by atoms with E-state index in [0.717, 1.165) is 0 Å². The molecule has 0 bridgehead atoms. The van der Waals surface area contributed by atoms with Crippen molar-refractivity contribution in [3.63, 3.8) is 0 Å². The van der Waals surface area contributed by atoms with Crippen molar-refractivity contribution in [2.75, 3.05) is 18.6 Å². The lowest BCUT2D eigenvalue weighted by Crippen LogP contribution is -2.29. The van der Waals surface area contributed by atoms with Crippen LogP contribution < -0.4 is 14.4 Å². The van der Waals surface area contributed by atoms with Gasteiger partial charge in [-0.3, -0.25) is 19.5 Å². The maximum atomic E-state index is 13.3. The summed E-state index contributed by atoms with van der Waals surface area (Å²) in [4.78, 5) is 31.9. The van der Waals surface area contributed by atoms with Gasteiger partial charge in [-0.1, -0.05) is 29.3 Å². The Morgan fingerprint density at radius 3 is 2.53 bits per heavy atom. The van der Waals surface area contributed by atoms with Crippen LogP contribution in [0.2, 0.25) is 10.0 Å². The van der Waals surface area contributed by atoms with Gasteiger partial charge in [-0.25, -0.2) is 0 Å². The number of aliphatic hydroxyl groups excluding tert-OH is 1. The Labute approximate surface area is 206 Å². The van der Waals surface area contributed by atoms with E-state index >= 15 is 0 Å². The predicted molar refractivity (Wildman–Crippen MR) is 130 cm³/mol. The van der Waals surface area contributed by atoms with E-state index in [4.69, 9.17) is 32.7 Å². The molecule has 1 aliphatic rings.